The lowest BCUT2D eigenvalue weighted by atomic mass is 9.86. The molecule has 2 fully saturated rings. The highest BCUT2D eigenvalue weighted by Gasteiger charge is 2.55. The first kappa shape index (κ1) is 44.1. The molecule has 3 aromatic carbocycles. The quantitative estimate of drug-likeness (QED) is 0.145. The lowest BCUT2D eigenvalue weighted by Gasteiger charge is -2.47. The van der Waals surface area contributed by atoms with E-state index in [-0.39, 0.29) is 26.2 Å². The van der Waals surface area contributed by atoms with Crippen LogP contribution >= 0.6 is 0 Å². The fourth-order valence-electron chi connectivity index (χ4n) is 7.02. The van der Waals surface area contributed by atoms with Crippen LogP contribution in [0.15, 0.2) is 91.0 Å². The van der Waals surface area contributed by atoms with Crippen molar-refractivity contribution in [1.82, 2.24) is 5.32 Å². The van der Waals surface area contributed by atoms with Crippen molar-refractivity contribution in [3.63, 3.8) is 0 Å². The Balaban J connectivity index is 1.52. The summed E-state index contributed by atoms with van der Waals surface area (Å²) in [6.45, 7) is 4.65. The predicted molar refractivity (Wildman–Crippen MR) is 204 cm³/mol. The minimum Gasteiger partial charge on any atom is -0.463 e. The molecule has 0 aliphatic carbocycles. The molecule has 3 aromatic rings. The molecule has 0 unspecified atom stereocenters. The molecule has 5 rings (SSSR count). The Hall–Kier alpha value is -5.03. The lowest BCUT2D eigenvalue weighted by Crippen LogP contribution is -2.68. The smallest absolute Gasteiger partial charge is 0.303 e. The van der Waals surface area contributed by atoms with Gasteiger partial charge < -0.3 is 47.9 Å². The van der Waals surface area contributed by atoms with Crippen molar-refractivity contribution in [1.29, 1.82) is 0 Å². The van der Waals surface area contributed by atoms with Gasteiger partial charge >= 0.3 is 17.9 Å². The normalized spacial score (nSPS) is 26.8. The Morgan fingerprint density at radius 2 is 1.05 bits per heavy atom. The zero-order chi connectivity index (χ0) is 41.6. The van der Waals surface area contributed by atoms with E-state index >= 15 is 0 Å². The number of esters is 3. The Morgan fingerprint density at radius 1 is 0.569 bits per heavy atom. The number of ether oxygens (including phenoxy) is 9. The van der Waals surface area contributed by atoms with Crippen molar-refractivity contribution in [2.24, 2.45) is 0 Å². The number of ketones is 1. The van der Waals surface area contributed by atoms with E-state index in [1.165, 1.54) is 21.0 Å². The molecule has 58 heavy (non-hydrogen) atoms. The minimum atomic E-state index is -1.52. The minimum absolute atomic E-state index is 0.116. The van der Waals surface area contributed by atoms with Crippen molar-refractivity contribution in [2.75, 3.05) is 13.7 Å². The highest BCUT2D eigenvalue weighted by atomic mass is 16.7. The van der Waals surface area contributed by atoms with E-state index in [9.17, 15) is 24.0 Å². The Labute approximate surface area is 337 Å². The van der Waals surface area contributed by atoms with Crippen LogP contribution in [0.25, 0.3) is 0 Å². The Kier molecular flexibility index (Phi) is 16.5. The second-order valence-electron chi connectivity index (χ2n) is 14.0. The van der Waals surface area contributed by atoms with Gasteiger partial charge in [-0.25, -0.2) is 0 Å². The van der Waals surface area contributed by atoms with E-state index in [4.69, 9.17) is 42.6 Å². The first-order valence-electron chi connectivity index (χ1n) is 19.0. The van der Waals surface area contributed by atoms with Crippen LogP contribution in [0.3, 0.4) is 0 Å². The van der Waals surface area contributed by atoms with Gasteiger partial charge in [0.05, 0.1) is 25.9 Å². The molecule has 1 amide bonds. The first-order valence-corrected chi connectivity index (χ1v) is 19.0. The summed E-state index contributed by atoms with van der Waals surface area (Å²) in [7, 11) is 1.46. The molecule has 0 bridgehead atoms. The van der Waals surface area contributed by atoms with Crippen LogP contribution in [0.2, 0.25) is 0 Å². The van der Waals surface area contributed by atoms with Gasteiger partial charge in [0, 0.05) is 41.2 Å². The number of benzene rings is 3. The molecule has 15 nitrogen and oxygen atoms in total. The molecule has 10 atom stereocenters. The van der Waals surface area contributed by atoms with Gasteiger partial charge in [0.1, 0.15) is 43.2 Å². The third-order valence-electron chi connectivity index (χ3n) is 9.52. The monoisotopic (exact) mass is 805 g/mol. The van der Waals surface area contributed by atoms with Gasteiger partial charge in [-0.15, -0.1) is 0 Å². The molecule has 2 aliphatic heterocycles. The van der Waals surface area contributed by atoms with Crippen molar-refractivity contribution in [2.45, 2.75) is 115 Å². The molecule has 2 heterocycles. The Bertz CT molecular complexity index is 1790. The molecule has 0 saturated carbocycles. The van der Waals surface area contributed by atoms with Gasteiger partial charge in [-0.1, -0.05) is 91.0 Å². The summed E-state index contributed by atoms with van der Waals surface area (Å²) < 4.78 is 54.8. The summed E-state index contributed by atoms with van der Waals surface area (Å²) in [6.07, 6.45) is -10.7. The summed E-state index contributed by atoms with van der Waals surface area (Å²) >= 11 is 0. The van der Waals surface area contributed by atoms with Gasteiger partial charge in [-0.3, -0.25) is 24.0 Å². The van der Waals surface area contributed by atoms with Crippen molar-refractivity contribution >= 4 is 29.6 Å². The maximum Gasteiger partial charge on any atom is 0.303 e. The Morgan fingerprint density at radius 3 is 1.52 bits per heavy atom. The SMILES string of the molecule is CO[C@H]1O[C@H](CC(=O)[C@@H]2O[C@H](COC(C)=O)[C@@H](OC(C)=O)[C@H](OC(C)=O)[C@H]2NC(C)=O)[C@@H](OCc2ccccc2)[C@H](OCc2ccccc2)[C@@H]1OCc1ccccc1. The number of rotatable bonds is 18. The van der Waals surface area contributed by atoms with E-state index in [0.717, 1.165) is 30.5 Å². The molecule has 312 valence electrons. The molecule has 1 N–H and O–H groups in total. The third-order valence-corrected chi connectivity index (χ3v) is 9.52. The molecule has 0 radical (unpaired) electrons. The summed E-state index contributed by atoms with van der Waals surface area (Å²) in [5.41, 5.74) is 2.63. The number of Topliss-reactive ketones (excluding diaryl/α,β-unsaturated/α-hetero) is 1. The second kappa shape index (κ2) is 21.6. The number of hydrogen-bond acceptors (Lipinski definition) is 14. The number of hydrogen-bond donors (Lipinski definition) is 1. The molecule has 2 saturated heterocycles. The van der Waals surface area contributed by atoms with Crippen LogP contribution < -0.4 is 5.32 Å². The molecular formula is C43H51NO14. The summed E-state index contributed by atoms with van der Waals surface area (Å²) in [5.74, 6) is -3.43. The summed E-state index contributed by atoms with van der Waals surface area (Å²) in [4.78, 5) is 64.0. The van der Waals surface area contributed by atoms with Gasteiger partial charge in [-0.2, -0.15) is 0 Å². The zero-order valence-electron chi connectivity index (χ0n) is 33.2. The number of amides is 1. The summed E-state index contributed by atoms with van der Waals surface area (Å²) in [5, 5.41) is 2.66. The topological polar surface area (TPSA) is 180 Å². The fourth-order valence-corrected chi connectivity index (χ4v) is 7.02. The largest absolute Gasteiger partial charge is 0.463 e. The van der Waals surface area contributed by atoms with Gasteiger partial charge in [0.2, 0.25) is 5.91 Å². The van der Waals surface area contributed by atoms with Crippen molar-refractivity contribution < 1.29 is 66.6 Å². The van der Waals surface area contributed by atoms with E-state index in [1.54, 1.807) is 0 Å². The zero-order valence-corrected chi connectivity index (χ0v) is 33.2. The first-order chi connectivity index (χ1) is 27.9. The number of carbonyl (C=O) groups is 5. The molecule has 15 heteroatoms. The van der Waals surface area contributed by atoms with Gasteiger partial charge in [-0.05, 0) is 16.7 Å². The number of methoxy groups -OCH3 is 1. The maximum absolute atomic E-state index is 14.7. The van der Waals surface area contributed by atoms with Crippen LogP contribution in [0.5, 0.6) is 0 Å². The second-order valence-corrected chi connectivity index (χ2v) is 14.0. The lowest BCUT2D eigenvalue weighted by molar-refractivity contribution is -0.317. The van der Waals surface area contributed by atoms with Gasteiger partial charge in [0.25, 0.3) is 0 Å². The van der Waals surface area contributed by atoms with E-state index in [0.29, 0.717) is 0 Å². The highest BCUT2D eigenvalue weighted by molar-refractivity contribution is 5.86. The van der Waals surface area contributed by atoms with Crippen LogP contribution in [0.1, 0.15) is 50.8 Å². The average molecular weight is 806 g/mol. The van der Waals surface area contributed by atoms with Crippen LogP contribution in [0.4, 0.5) is 0 Å². The average Bonchev–Trinajstić information content (AvgIpc) is 3.20. The number of nitrogens with one attached hydrogen (secondary N) is 1. The molecule has 0 spiro atoms. The van der Waals surface area contributed by atoms with Crippen LogP contribution in [0, 0.1) is 0 Å². The molecule has 0 aromatic heterocycles. The standard InChI is InChI=1S/C43H51NO14/c1-26(45)44-36-37(57-35(25-51-27(2)46)39(55-28(3)47)40(36)56-29(4)48)33(49)21-34-38(52-22-30-15-9-6-10-16-30)41(53-23-31-17-11-7-12-18-31)42(43(50-5)58-34)54-24-32-19-13-8-14-20-32/h6-20,34-43H,21-25H2,1-5H3,(H,44,45)/t34-,35-,36+,37+,38-,39-,40-,41+,42+,43+/m1/s1. The van der Waals surface area contributed by atoms with E-state index in [1.807, 2.05) is 91.0 Å². The number of carbonyl (C=O) groups excluding carboxylic acids is 5. The van der Waals surface area contributed by atoms with E-state index < -0.39 is 97.4 Å². The fraction of sp³-hybridized carbons (Fsp3) is 0.465. The maximum atomic E-state index is 14.7. The van der Waals surface area contributed by atoms with Crippen molar-refractivity contribution in [3.8, 4) is 0 Å². The van der Waals surface area contributed by atoms with E-state index in [2.05, 4.69) is 5.32 Å². The van der Waals surface area contributed by atoms with Crippen molar-refractivity contribution in [3.05, 3.63) is 108 Å². The predicted octanol–water partition coefficient (Wildman–Crippen LogP) is 3.77. The molecule has 2 aliphatic rings. The summed E-state index contributed by atoms with van der Waals surface area (Å²) in [6, 6.07) is 27.2. The van der Waals surface area contributed by atoms with Crippen LogP contribution in [-0.2, 0) is 86.4 Å². The molecular weight excluding hydrogens is 754 g/mol. The van der Waals surface area contributed by atoms with Crippen LogP contribution in [-0.4, -0.2) is 104 Å². The third kappa shape index (κ3) is 12.5. The van der Waals surface area contributed by atoms with Gasteiger partial charge in [0.15, 0.2) is 24.3 Å². The highest BCUT2D eigenvalue weighted by Crippen LogP contribution is 2.34.